The molecule has 120 valence electrons. The highest BCUT2D eigenvalue weighted by molar-refractivity contribution is 5.79. The van der Waals surface area contributed by atoms with Gasteiger partial charge in [-0.25, -0.2) is 0 Å². The van der Waals surface area contributed by atoms with Gasteiger partial charge >= 0.3 is 0 Å². The van der Waals surface area contributed by atoms with Gasteiger partial charge in [-0.2, -0.15) is 0 Å². The summed E-state index contributed by atoms with van der Waals surface area (Å²) in [7, 11) is 1.63. The molecule has 1 aliphatic rings. The van der Waals surface area contributed by atoms with E-state index in [-0.39, 0.29) is 18.4 Å². The number of hydrogen-bond donors (Lipinski definition) is 2. The van der Waals surface area contributed by atoms with Crippen molar-refractivity contribution in [2.75, 3.05) is 13.7 Å². The molecule has 0 heterocycles. The summed E-state index contributed by atoms with van der Waals surface area (Å²) in [5.41, 5.74) is 0.0510. The topological polar surface area (TPSA) is 58.6 Å². The maximum Gasteiger partial charge on any atom is 0.223 e. The van der Waals surface area contributed by atoms with Crippen LogP contribution in [0.15, 0.2) is 36.4 Å². The van der Waals surface area contributed by atoms with E-state index in [1.807, 2.05) is 24.3 Å². The number of aliphatic hydroxyl groups is 1. The van der Waals surface area contributed by atoms with E-state index in [4.69, 9.17) is 4.74 Å². The molecule has 0 aromatic heterocycles. The van der Waals surface area contributed by atoms with Crippen molar-refractivity contribution in [3.05, 3.63) is 42.0 Å². The van der Waals surface area contributed by atoms with Gasteiger partial charge in [-0.05, 0) is 43.9 Å². The minimum Gasteiger partial charge on any atom is -0.497 e. The lowest BCUT2D eigenvalue weighted by molar-refractivity contribution is -0.126. The molecule has 0 unspecified atom stereocenters. The van der Waals surface area contributed by atoms with Crippen LogP contribution in [0.2, 0.25) is 0 Å². The summed E-state index contributed by atoms with van der Waals surface area (Å²) in [5.74, 6) is 0.878. The second-order valence-electron chi connectivity index (χ2n) is 6.22. The lowest BCUT2D eigenvalue weighted by Crippen LogP contribution is -2.44. The molecular formula is C18H25NO3. The zero-order chi connectivity index (χ0) is 16.0. The third-order valence-electron chi connectivity index (χ3n) is 4.03. The fraction of sp³-hybridized carbons (Fsp3) is 0.500. The van der Waals surface area contributed by atoms with E-state index in [0.717, 1.165) is 30.6 Å². The molecule has 2 atom stereocenters. The van der Waals surface area contributed by atoms with Gasteiger partial charge in [0.2, 0.25) is 5.91 Å². The summed E-state index contributed by atoms with van der Waals surface area (Å²) in [4.78, 5) is 12.1. The fourth-order valence-electron chi connectivity index (χ4n) is 2.70. The van der Waals surface area contributed by atoms with Crippen LogP contribution < -0.4 is 10.1 Å². The quantitative estimate of drug-likeness (QED) is 0.794. The zero-order valence-electron chi connectivity index (χ0n) is 13.3. The van der Waals surface area contributed by atoms with E-state index >= 15 is 0 Å². The van der Waals surface area contributed by atoms with Crippen LogP contribution in [0.5, 0.6) is 5.75 Å². The summed E-state index contributed by atoms with van der Waals surface area (Å²) >= 11 is 0. The molecule has 1 aromatic rings. The van der Waals surface area contributed by atoms with Crippen molar-refractivity contribution in [1.82, 2.24) is 5.32 Å². The predicted molar refractivity (Wildman–Crippen MR) is 86.8 cm³/mol. The monoisotopic (exact) mass is 303 g/mol. The van der Waals surface area contributed by atoms with Gasteiger partial charge in [0.15, 0.2) is 0 Å². The highest BCUT2D eigenvalue weighted by atomic mass is 16.5. The molecule has 2 rings (SSSR count). The number of rotatable bonds is 6. The van der Waals surface area contributed by atoms with Gasteiger partial charge in [-0.15, -0.1) is 0 Å². The number of ether oxygens (including phenoxy) is 1. The summed E-state index contributed by atoms with van der Waals surface area (Å²) in [6.07, 6.45) is 7.31. The van der Waals surface area contributed by atoms with Gasteiger partial charge in [0.25, 0.3) is 0 Å². The van der Waals surface area contributed by atoms with Gasteiger partial charge in [0, 0.05) is 18.9 Å². The van der Waals surface area contributed by atoms with E-state index in [1.54, 1.807) is 14.0 Å². The van der Waals surface area contributed by atoms with Crippen LogP contribution in [-0.4, -0.2) is 30.3 Å². The molecule has 2 N–H and O–H groups in total. The van der Waals surface area contributed by atoms with E-state index in [1.165, 1.54) is 0 Å². The van der Waals surface area contributed by atoms with E-state index in [0.29, 0.717) is 6.42 Å². The molecule has 0 radical (unpaired) electrons. The first-order valence-corrected chi connectivity index (χ1v) is 7.78. The smallest absolute Gasteiger partial charge is 0.223 e. The number of methoxy groups -OCH3 is 1. The van der Waals surface area contributed by atoms with Gasteiger partial charge in [0.1, 0.15) is 5.75 Å². The largest absolute Gasteiger partial charge is 0.497 e. The molecule has 22 heavy (non-hydrogen) atoms. The lowest BCUT2D eigenvalue weighted by Gasteiger charge is -2.26. The third-order valence-corrected chi connectivity index (χ3v) is 4.03. The molecule has 1 aliphatic carbocycles. The van der Waals surface area contributed by atoms with Crippen molar-refractivity contribution in [2.45, 2.75) is 38.2 Å². The van der Waals surface area contributed by atoms with Gasteiger partial charge in [-0.1, -0.05) is 24.3 Å². The molecule has 1 aromatic carbocycles. The number of amides is 1. The maximum atomic E-state index is 12.1. The number of nitrogens with one attached hydrogen (secondary N) is 1. The van der Waals surface area contributed by atoms with Crippen LogP contribution >= 0.6 is 0 Å². The van der Waals surface area contributed by atoms with Gasteiger partial charge in [-0.3, -0.25) is 4.79 Å². The first kappa shape index (κ1) is 16.6. The summed E-state index contributed by atoms with van der Waals surface area (Å²) in [6.45, 7) is 2.01. The van der Waals surface area contributed by atoms with Crippen molar-refractivity contribution in [2.24, 2.45) is 5.92 Å². The summed E-state index contributed by atoms with van der Waals surface area (Å²) < 4.78 is 5.12. The number of carbonyl (C=O) groups excluding carboxylic acids is 1. The summed E-state index contributed by atoms with van der Waals surface area (Å²) in [5, 5.41) is 13.4. The predicted octanol–water partition coefficient (Wildman–Crippen LogP) is 2.46. The second kappa shape index (κ2) is 7.45. The van der Waals surface area contributed by atoms with Crippen LogP contribution in [0.25, 0.3) is 0 Å². The molecule has 4 heteroatoms. The second-order valence-corrected chi connectivity index (χ2v) is 6.22. The highest BCUT2D eigenvalue weighted by Crippen LogP contribution is 2.19. The first-order valence-electron chi connectivity index (χ1n) is 7.78. The fourth-order valence-corrected chi connectivity index (χ4v) is 2.70. The normalized spacial score (nSPS) is 20.2. The number of carbonyl (C=O) groups is 1. The Morgan fingerprint density at radius 1 is 1.36 bits per heavy atom. The van der Waals surface area contributed by atoms with E-state index < -0.39 is 5.60 Å². The molecule has 0 aliphatic heterocycles. The molecule has 1 amide bonds. The molecule has 0 spiro atoms. The SMILES string of the molecule is COc1ccc(C[C@@](C)(O)CNC(=O)[C@H]2CC=CCC2)cc1. The molecule has 0 bridgehead atoms. The van der Waals surface area contributed by atoms with Crippen molar-refractivity contribution in [1.29, 1.82) is 0 Å². The van der Waals surface area contributed by atoms with Crippen molar-refractivity contribution in [3.8, 4) is 5.75 Å². The Labute approximate surface area is 132 Å². The van der Waals surface area contributed by atoms with Gasteiger partial charge in [0.05, 0.1) is 12.7 Å². The Hall–Kier alpha value is -1.81. The van der Waals surface area contributed by atoms with Crippen molar-refractivity contribution >= 4 is 5.91 Å². The number of benzene rings is 1. The van der Waals surface area contributed by atoms with Crippen LogP contribution in [0.4, 0.5) is 0 Å². The summed E-state index contributed by atoms with van der Waals surface area (Å²) in [6, 6.07) is 7.61. The maximum absolute atomic E-state index is 12.1. The molecule has 0 saturated heterocycles. The van der Waals surface area contributed by atoms with Crippen LogP contribution in [0, 0.1) is 5.92 Å². The molecule has 0 fully saturated rings. The van der Waals surface area contributed by atoms with E-state index in [2.05, 4.69) is 17.5 Å². The van der Waals surface area contributed by atoms with Crippen molar-refractivity contribution < 1.29 is 14.6 Å². The zero-order valence-corrected chi connectivity index (χ0v) is 13.3. The highest BCUT2D eigenvalue weighted by Gasteiger charge is 2.24. The first-order chi connectivity index (χ1) is 10.5. The Morgan fingerprint density at radius 3 is 2.68 bits per heavy atom. The van der Waals surface area contributed by atoms with Crippen LogP contribution in [-0.2, 0) is 11.2 Å². The third kappa shape index (κ3) is 4.88. The van der Waals surface area contributed by atoms with Crippen LogP contribution in [0.3, 0.4) is 0 Å². The molecule has 0 saturated carbocycles. The average molecular weight is 303 g/mol. The van der Waals surface area contributed by atoms with Crippen LogP contribution in [0.1, 0.15) is 31.7 Å². The number of hydrogen-bond acceptors (Lipinski definition) is 3. The Morgan fingerprint density at radius 2 is 2.09 bits per heavy atom. The molecule has 4 nitrogen and oxygen atoms in total. The number of allylic oxidation sites excluding steroid dienone is 2. The Kier molecular flexibility index (Phi) is 5.61. The minimum absolute atomic E-state index is 0.0411. The Bertz CT molecular complexity index is 520. The lowest BCUT2D eigenvalue weighted by atomic mass is 9.92. The average Bonchev–Trinajstić information content (AvgIpc) is 2.54. The standard InChI is InChI=1S/C18H25NO3/c1-18(21,12-14-8-10-16(22-2)11-9-14)13-19-17(20)15-6-4-3-5-7-15/h3-4,8-11,15,21H,5-7,12-13H2,1-2H3,(H,19,20)/t15-,18+/m0/s1. The molecular weight excluding hydrogens is 278 g/mol. The Balaban J connectivity index is 1.84. The van der Waals surface area contributed by atoms with Gasteiger partial charge < -0.3 is 15.2 Å². The van der Waals surface area contributed by atoms with E-state index in [9.17, 15) is 9.90 Å². The minimum atomic E-state index is -0.964. The van der Waals surface area contributed by atoms with Crippen molar-refractivity contribution in [3.63, 3.8) is 0 Å².